The van der Waals surface area contributed by atoms with Crippen LogP contribution in [0.1, 0.15) is 30.9 Å². The van der Waals surface area contributed by atoms with E-state index in [1.54, 1.807) is 12.1 Å². The van der Waals surface area contributed by atoms with E-state index in [2.05, 4.69) is 10.6 Å². The molecular weight excluding hydrogens is 272 g/mol. The number of carboxylic acid groups (broad SMARTS) is 1. The molecule has 2 atom stereocenters. The number of carbonyl (C=O) groups is 2. The lowest BCUT2D eigenvalue weighted by molar-refractivity contribution is -0.137. The van der Waals surface area contributed by atoms with Crippen LogP contribution >= 0.6 is 0 Å². The third kappa shape index (κ3) is 5.07. The van der Waals surface area contributed by atoms with E-state index in [1.165, 1.54) is 0 Å². The van der Waals surface area contributed by atoms with Crippen LogP contribution in [-0.2, 0) is 9.53 Å². The van der Waals surface area contributed by atoms with E-state index in [9.17, 15) is 9.59 Å². The summed E-state index contributed by atoms with van der Waals surface area (Å²) in [7, 11) is 0. The third-order valence-electron chi connectivity index (χ3n) is 3.38. The Balaban J connectivity index is 1.94. The summed E-state index contributed by atoms with van der Waals surface area (Å²) in [5.41, 5.74) is 0.773. The van der Waals surface area contributed by atoms with Gasteiger partial charge in [-0.15, -0.1) is 0 Å². The number of carboxylic acids is 1. The second-order valence-corrected chi connectivity index (χ2v) is 5.09. The van der Waals surface area contributed by atoms with E-state index in [0.29, 0.717) is 6.61 Å². The molecule has 1 heterocycles. The standard InChI is InChI=1S/C15H20N2O4/c18-14(19)9-13(11-5-2-1-3-6-11)17-15(20)16-12-7-4-8-21-10-12/h1-3,5-6,12-13H,4,7-10H2,(H,18,19)(H2,16,17,20). The predicted octanol–water partition coefficient (Wildman–Crippen LogP) is 1.68. The fourth-order valence-corrected chi connectivity index (χ4v) is 2.35. The lowest BCUT2D eigenvalue weighted by atomic mass is 10.0. The van der Waals surface area contributed by atoms with Gasteiger partial charge in [0.1, 0.15) is 0 Å². The maximum absolute atomic E-state index is 12.0. The molecule has 21 heavy (non-hydrogen) atoms. The normalized spacial score (nSPS) is 19.5. The molecule has 1 aromatic rings. The van der Waals surface area contributed by atoms with E-state index >= 15 is 0 Å². The van der Waals surface area contributed by atoms with Crippen LogP contribution in [-0.4, -0.2) is 36.4 Å². The monoisotopic (exact) mass is 292 g/mol. The first-order valence-corrected chi connectivity index (χ1v) is 7.06. The van der Waals surface area contributed by atoms with Crippen molar-refractivity contribution < 1.29 is 19.4 Å². The molecule has 1 aliphatic heterocycles. The average Bonchev–Trinajstić information content (AvgIpc) is 2.48. The summed E-state index contributed by atoms with van der Waals surface area (Å²) >= 11 is 0. The maximum atomic E-state index is 12.0. The molecule has 114 valence electrons. The van der Waals surface area contributed by atoms with Gasteiger partial charge >= 0.3 is 12.0 Å². The molecule has 0 bridgehead atoms. The van der Waals surface area contributed by atoms with Crippen molar-refractivity contribution in [2.75, 3.05) is 13.2 Å². The minimum absolute atomic E-state index is 0.0139. The first-order chi connectivity index (χ1) is 10.1. The van der Waals surface area contributed by atoms with Crippen LogP contribution in [0.15, 0.2) is 30.3 Å². The molecule has 0 radical (unpaired) electrons. The largest absolute Gasteiger partial charge is 0.481 e. The summed E-state index contributed by atoms with van der Waals surface area (Å²) in [4.78, 5) is 23.0. The Morgan fingerprint density at radius 1 is 1.33 bits per heavy atom. The molecule has 0 aliphatic carbocycles. The quantitative estimate of drug-likeness (QED) is 0.770. The number of amides is 2. The Hall–Kier alpha value is -2.08. The zero-order valence-corrected chi connectivity index (χ0v) is 11.7. The van der Waals surface area contributed by atoms with Crippen molar-refractivity contribution in [2.24, 2.45) is 0 Å². The van der Waals surface area contributed by atoms with Gasteiger partial charge in [-0.25, -0.2) is 4.79 Å². The number of nitrogens with one attached hydrogen (secondary N) is 2. The second kappa shape index (κ2) is 7.64. The number of rotatable bonds is 5. The molecule has 0 saturated carbocycles. The first-order valence-electron chi connectivity index (χ1n) is 7.06. The molecule has 1 aliphatic rings. The second-order valence-electron chi connectivity index (χ2n) is 5.09. The van der Waals surface area contributed by atoms with Gasteiger partial charge in [-0.1, -0.05) is 30.3 Å². The molecule has 1 aromatic carbocycles. The molecule has 2 amide bonds. The minimum atomic E-state index is -0.954. The van der Waals surface area contributed by atoms with Gasteiger partial charge in [0.25, 0.3) is 0 Å². The number of benzene rings is 1. The fourth-order valence-electron chi connectivity index (χ4n) is 2.35. The number of hydrogen-bond donors (Lipinski definition) is 3. The van der Waals surface area contributed by atoms with Crippen LogP contribution in [0.2, 0.25) is 0 Å². The molecule has 2 rings (SSSR count). The highest BCUT2D eigenvalue weighted by Crippen LogP contribution is 2.16. The lowest BCUT2D eigenvalue weighted by Crippen LogP contribution is -2.47. The number of urea groups is 1. The topological polar surface area (TPSA) is 87.7 Å². The summed E-state index contributed by atoms with van der Waals surface area (Å²) in [5, 5.41) is 14.5. The van der Waals surface area contributed by atoms with E-state index in [1.807, 2.05) is 18.2 Å². The van der Waals surface area contributed by atoms with Crippen LogP contribution in [0.4, 0.5) is 4.79 Å². The Bertz CT molecular complexity index is 472. The van der Waals surface area contributed by atoms with E-state index < -0.39 is 12.0 Å². The summed E-state index contributed by atoms with van der Waals surface area (Å²) in [5.74, 6) is -0.954. The molecule has 2 unspecified atom stereocenters. The molecule has 3 N–H and O–H groups in total. The summed E-state index contributed by atoms with van der Waals surface area (Å²) in [6.45, 7) is 1.23. The number of ether oxygens (including phenoxy) is 1. The van der Waals surface area contributed by atoms with Gasteiger partial charge in [0.05, 0.1) is 25.1 Å². The van der Waals surface area contributed by atoms with Crippen molar-refractivity contribution in [3.63, 3.8) is 0 Å². The van der Waals surface area contributed by atoms with Crippen molar-refractivity contribution in [1.82, 2.24) is 10.6 Å². The zero-order chi connectivity index (χ0) is 15.1. The van der Waals surface area contributed by atoms with E-state index in [-0.39, 0.29) is 18.5 Å². The molecular formula is C15H20N2O4. The number of hydrogen-bond acceptors (Lipinski definition) is 3. The van der Waals surface area contributed by atoms with Crippen LogP contribution in [0.3, 0.4) is 0 Å². The maximum Gasteiger partial charge on any atom is 0.315 e. The van der Waals surface area contributed by atoms with Gasteiger partial charge in [-0.2, -0.15) is 0 Å². The van der Waals surface area contributed by atoms with Gasteiger partial charge in [0, 0.05) is 6.61 Å². The molecule has 6 heteroatoms. The van der Waals surface area contributed by atoms with Crippen molar-refractivity contribution in [3.05, 3.63) is 35.9 Å². The SMILES string of the molecule is O=C(O)CC(NC(=O)NC1CCCOC1)c1ccccc1. The Morgan fingerprint density at radius 2 is 2.10 bits per heavy atom. The van der Waals surface area contributed by atoms with Crippen molar-refractivity contribution in [3.8, 4) is 0 Å². The smallest absolute Gasteiger partial charge is 0.315 e. The highest BCUT2D eigenvalue weighted by Gasteiger charge is 2.21. The predicted molar refractivity (Wildman–Crippen MR) is 76.9 cm³/mol. The number of carbonyl (C=O) groups excluding carboxylic acids is 1. The minimum Gasteiger partial charge on any atom is -0.481 e. The van der Waals surface area contributed by atoms with Gasteiger partial charge in [-0.05, 0) is 18.4 Å². The van der Waals surface area contributed by atoms with Crippen molar-refractivity contribution in [1.29, 1.82) is 0 Å². The van der Waals surface area contributed by atoms with Gasteiger partial charge in [-0.3, -0.25) is 4.79 Å². The highest BCUT2D eigenvalue weighted by atomic mass is 16.5. The average molecular weight is 292 g/mol. The highest BCUT2D eigenvalue weighted by molar-refractivity contribution is 5.76. The van der Waals surface area contributed by atoms with Crippen molar-refractivity contribution in [2.45, 2.75) is 31.3 Å². The zero-order valence-electron chi connectivity index (χ0n) is 11.7. The summed E-state index contributed by atoms with van der Waals surface area (Å²) in [6, 6.07) is 8.17. The lowest BCUT2D eigenvalue weighted by Gasteiger charge is -2.25. The molecule has 0 spiro atoms. The summed E-state index contributed by atoms with van der Waals surface area (Å²) < 4.78 is 5.30. The number of aliphatic carboxylic acids is 1. The Morgan fingerprint density at radius 3 is 2.71 bits per heavy atom. The van der Waals surface area contributed by atoms with Crippen LogP contribution < -0.4 is 10.6 Å². The van der Waals surface area contributed by atoms with E-state index in [4.69, 9.17) is 9.84 Å². The van der Waals surface area contributed by atoms with E-state index in [0.717, 1.165) is 25.0 Å². The molecule has 1 fully saturated rings. The summed E-state index contributed by atoms with van der Waals surface area (Å²) in [6.07, 6.45) is 1.64. The fraction of sp³-hybridized carbons (Fsp3) is 0.467. The molecule has 1 saturated heterocycles. The first kappa shape index (κ1) is 15.3. The molecule has 6 nitrogen and oxygen atoms in total. The van der Waals surface area contributed by atoms with Gasteiger partial charge < -0.3 is 20.5 Å². The molecule has 0 aromatic heterocycles. The Kier molecular flexibility index (Phi) is 5.57. The van der Waals surface area contributed by atoms with Crippen LogP contribution in [0, 0.1) is 0 Å². The Labute approximate surface area is 123 Å². The van der Waals surface area contributed by atoms with Crippen molar-refractivity contribution >= 4 is 12.0 Å². The van der Waals surface area contributed by atoms with Crippen LogP contribution in [0.5, 0.6) is 0 Å². The van der Waals surface area contributed by atoms with Gasteiger partial charge in [0.15, 0.2) is 0 Å². The van der Waals surface area contributed by atoms with Crippen LogP contribution in [0.25, 0.3) is 0 Å². The third-order valence-corrected chi connectivity index (χ3v) is 3.38. The van der Waals surface area contributed by atoms with Gasteiger partial charge in [0.2, 0.25) is 0 Å².